The van der Waals surface area contributed by atoms with Gasteiger partial charge in [-0.25, -0.2) is 4.98 Å². The Morgan fingerprint density at radius 3 is 2.43 bits per heavy atom. The number of pyridine rings is 2. The summed E-state index contributed by atoms with van der Waals surface area (Å²) in [5.74, 6) is 1.05. The molecule has 0 radical (unpaired) electrons. The topological polar surface area (TPSA) is 123 Å². The lowest BCUT2D eigenvalue weighted by Gasteiger charge is -2.29. The molecule has 4 aromatic rings. The van der Waals surface area contributed by atoms with Crippen molar-refractivity contribution in [2.24, 2.45) is 11.3 Å². The van der Waals surface area contributed by atoms with Crippen LogP contribution in [0.2, 0.25) is 10.0 Å². The zero-order valence-corrected chi connectivity index (χ0v) is 32.6. The Hall–Kier alpha value is -4.22. The first kappa shape index (κ1) is 38.1. The van der Waals surface area contributed by atoms with Gasteiger partial charge in [-0.05, 0) is 78.9 Å². The molecule has 3 atom stereocenters. The third-order valence-corrected chi connectivity index (χ3v) is 11.9. The van der Waals surface area contributed by atoms with Crippen molar-refractivity contribution in [2.45, 2.75) is 77.6 Å². The number of nitrogens with zero attached hydrogens (tertiary/aromatic N) is 3. The van der Waals surface area contributed by atoms with Gasteiger partial charge in [0.2, 0.25) is 17.6 Å². The van der Waals surface area contributed by atoms with Crippen molar-refractivity contribution >= 4 is 35.0 Å². The molecule has 1 saturated carbocycles. The monoisotopic (exact) mass is 772 g/mol. The predicted molar refractivity (Wildman–Crippen MR) is 208 cm³/mol. The highest BCUT2D eigenvalue weighted by molar-refractivity contribution is 6.36. The molecule has 3 heterocycles. The number of fused-ring (bicyclic) bond motifs is 1. The number of hydrogen-bond donors (Lipinski definition) is 2. The molecule has 2 aliphatic carbocycles. The quantitative estimate of drug-likeness (QED) is 0.137. The van der Waals surface area contributed by atoms with Crippen LogP contribution >= 0.6 is 23.2 Å². The van der Waals surface area contributed by atoms with Crippen LogP contribution in [0, 0.1) is 11.3 Å². The van der Waals surface area contributed by atoms with Crippen LogP contribution in [0.15, 0.2) is 54.6 Å². The van der Waals surface area contributed by atoms with Crippen LogP contribution in [0.25, 0.3) is 22.4 Å². The Bertz CT molecular complexity index is 2070. The molecule has 12 heteroatoms. The second-order valence-electron chi connectivity index (χ2n) is 15.2. The van der Waals surface area contributed by atoms with E-state index >= 15 is 0 Å². The first-order valence-electron chi connectivity index (χ1n) is 18.5. The molecule has 2 aromatic carbocycles. The number of carboxylic acids is 1. The van der Waals surface area contributed by atoms with E-state index in [1.807, 2.05) is 55.1 Å². The van der Waals surface area contributed by atoms with E-state index < -0.39 is 12.0 Å². The van der Waals surface area contributed by atoms with E-state index in [0.29, 0.717) is 77.2 Å². The summed E-state index contributed by atoms with van der Waals surface area (Å²) in [6.45, 7) is 6.35. The molecule has 2 aromatic heterocycles. The van der Waals surface area contributed by atoms with Gasteiger partial charge < -0.3 is 24.6 Å². The number of ether oxygens (including phenoxy) is 3. The molecule has 1 saturated heterocycles. The minimum Gasteiger partial charge on any atom is -0.481 e. The fraction of sp³-hybridized carbons (Fsp3) is 0.429. The van der Waals surface area contributed by atoms with Crippen LogP contribution in [0.1, 0.15) is 74.3 Å². The molecule has 0 spiro atoms. The van der Waals surface area contributed by atoms with Crippen molar-refractivity contribution in [1.82, 2.24) is 20.2 Å². The molecular weight excluding hydrogens is 727 g/mol. The number of carboxylic acid groups (broad SMARTS) is 1. The number of carbonyl (C=O) groups excluding carboxylic acids is 1. The first-order chi connectivity index (χ1) is 26.0. The maximum Gasteiger partial charge on any atom is 0.321 e. The lowest BCUT2D eigenvalue weighted by Crippen LogP contribution is -2.42. The van der Waals surface area contributed by atoms with Gasteiger partial charge in [0.05, 0.1) is 24.9 Å². The standard InChI is InChI=1S/C42H46Cl2N4O6/c1-42(2)17-18-48(37(42)41(50)51)23-26-20-33(43)40(47-39(26)53-4)54-35-16-14-29-28(7-5-8-30(29)35)31-9-6-10-32(36(31)44)34-15-12-25(38(46-34)52-3)22-45-21-24-11-13-27(49)19-24/h5-10,12,15,20,24,35,37,45H,11,13-14,16-19,21-23H2,1-4H3,(H,50,51)/t24-,35+,37-/m1/s1. The van der Waals surface area contributed by atoms with Gasteiger partial charge in [0, 0.05) is 48.2 Å². The van der Waals surface area contributed by atoms with Crippen molar-refractivity contribution in [1.29, 1.82) is 0 Å². The SMILES string of the molecule is COc1nc(-c2cccc(-c3cccc4c3CC[C@@H]4Oc3nc(OC)c(CN4CCC(C)(C)[C@H]4C(=O)O)cc3Cl)c2Cl)ccc1CNC[C@@H]1CCC(=O)C1. The van der Waals surface area contributed by atoms with Gasteiger partial charge >= 0.3 is 5.97 Å². The van der Waals surface area contributed by atoms with Crippen molar-refractivity contribution in [3.05, 3.63) is 86.9 Å². The summed E-state index contributed by atoms with van der Waals surface area (Å²) in [5.41, 5.74) is 6.91. The largest absolute Gasteiger partial charge is 0.481 e. The zero-order valence-electron chi connectivity index (χ0n) is 31.1. The Morgan fingerprint density at radius 1 is 0.944 bits per heavy atom. The number of aliphatic carboxylic acids is 1. The van der Waals surface area contributed by atoms with Crippen LogP contribution in [0.5, 0.6) is 17.6 Å². The number of nitrogens with one attached hydrogen (secondary N) is 1. The Balaban J connectivity index is 1.09. The van der Waals surface area contributed by atoms with E-state index in [9.17, 15) is 14.7 Å². The van der Waals surface area contributed by atoms with E-state index in [4.69, 9.17) is 42.4 Å². The Morgan fingerprint density at radius 2 is 1.69 bits per heavy atom. The maximum absolute atomic E-state index is 12.1. The minimum atomic E-state index is -0.840. The first-order valence-corrected chi connectivity index (χ1v) is 19.3. The number of methoxy groups -OCH3 is 2. The molecule has 0 amide bonds. The number of rotatable bonds is 13. The fourth-order valence-corrected chi connectivity index (χ4v) is 8.95. The van der Waals surface area contributed by atoms with E-state index in [0.717, 1.165) is 65.6 Å². The lowest BCUT2D eigenvalue weighted by molar-refractivity contribution is -0.145. The number of Topliss-reactive ketones (excluding diaryl/α,β-unsaturated/α-hetero) is 1. The summed E-state index contributed by atoms with van der Waals surface area (Å²) in [4.78, 5) is 35.3. The number of benzene rings is 2. The van der Waals surface area contributed by atoms with Crippen LogP contribution in [-0.2, 0) is 29.1 Å². The summed E-state index contributed by atoms with van der Waals surface area (Å²) in [6, 6.07) is 17.3. The highest BCUT2D eigenvalue weighted by Gasteiger charge is 2.45. The number of aromatic nitrogens is 2. The van der Waals surface area contributed by atoms with E-state index in [2.05, 4.69) is 22.4 Å². The highest BCUT2D eigenvalue weighted by Crippen LogP contribution is 2.45. The second kappa shape index (κ2) is 15.9. The number of carbonyl (C=O) groups is 2. The average Bonchev–Trinajstić information content (AvgIpc) is 3.85. The van der Waals surface area contributed by atoms with E-state index in [-0.39, 0.29) is 17.4 Å². The normalized spacial score (nSPS) is 20.6. The van der Waals surface area contributed by atoms with Gasteiger partial charge in [0.15, 0.2) is 0 Å². The van der Waals surface area contributed by atoms with Crippen LogP contribution in [0.3, 0.4) is 0 Å². The summed E-state index contributed by atoms with van der Waals surface area (Å²) >= 11 is 14.0. The van der Waals surface area contributed by atoms with Crippen molar-refractivity contribution in [3.8, 4) is 40.0 Å². The molecule has 1 aliphatic heterocycles. The van der Waals surface area contributed by atoms with Crippen LogP contribution in [-0.4, -0.2) is 65.1 Å². The number of halogens is 2. The molecule has 2 N–H and O–H groups in total. The molecule has 284 valence electrons. The summed E-state index contributed by atoms with van der Waals surface area (Å²) in [7, 11) is 3.16. The molecule has 54 heavy (non-hydrogen) atoms. The minimum absolute atomic E-state index is 0.268. The zero-order chi connectivity index (χ0) is 38.1. The average molecular weight is 774 g/mol. The highest BCUT2D eigenvalue weighted by atomic mass is 35.5. The van der Waals surface area contributed by atoms with E-state index in [1.165, 1.54) is 0 Å². The van der Waals surface area contributed by atoms with Gasteiger partial charge in [-0.3, -0.25) is 14.5 Å². The van der Waals surface area contributed by atoms with Gasteiger partial charge in [0.1, 0.15) is 23.0 Å². The maximum atomic E-state index is 12.1. The Labute approximate surface area is 326 Å². The predicted octanol–water partition coefficient (Wildman–Crippen LogP) is 8.34. The summed E-state index contributed by atoms with van der Waals surface area (Å²) in [5, 5.41) is 14.4. The second-order valence-corrected chi connectivity index (χ2v) is 16.0. The van der Waals surface area contributed by atoms with Crippen LogP contribution in [0.4, 0.5) is 0 Å². The molecular formula is C42H46Cl2N4O6. The summed E-state index contributed by atoms with van der Waals surface area (Å²) in [6.07, 6.45) is 4.25. The van der Waals surface area contributed by atoms with Crippen molar-refractivity contribution in [2.75, 3.05) is 27.3 Å². The smallest absolute Gasteiger partial charge is 0.321 e. The van der Waals surface area contributed by atoms with E-state index in [1.54, 1.807) is 20.3 Å². The molecule has 3 aliphatic rings. The van der Waals surface area contributed by atoms with Crippen LogP contribution < -0.4 is 19.5 Å². The molecule has 0 unspecified atom stereocenters. The molecule has 0 bridgehead atoms. The van der Waals surface area contributed by atoms with Gasteiger partial charge in [-0.15, -0.1) is 0 Å². The summed E-state index contributed by atoms with van der Waals surface area (Å²) < 4.78 is 17.9. The van der Waals surface area contributed by atoms with Gasteiger partial charge in [-0.2, -0.15) is 4.98 Å². The van der Waals surface area contributed by atoms with Gasteiger partial charge in [0.25, 0.3) is 0 Å². The van der Waals surface area contributed by atoms with Gasteiger partial charge in [-0.1, -0.05) is 79.5 Å². The number of ketones is 1. The number of likely N-dealkylation sites (tertiary alicyclic amines) is 1. The fourth-order valence-electron chi connectivity index (χ4n) is 8.41. The lowest BCUT2D eigenvalue weighted by atomic mass is 9.85. The molecule has 10 nitrogen and oxygen atoms in total. The number of hydrogen-bond acceptors (Lipinski definition) is 9. The molecule has 7 rings (SSSR count). The van der Waals surface area contributed by atoms with Crippen molar-refractivity contribution < 1.29 is 28.9 Å². The molecule has 2 fully saturated rings. The third kappa shape index (κ3) is 7.67. The van der Waals surface area contributed by atoms with Crippen molar-refractivity contribution in [3.63, 3.8) is 0 Å². The Kier molecular flexibility index (Phi) is 11.2. The third-order valence-electron chi connectivity index (χ3n) is 11.2.